The van der Waals surface area contributed by atoms with Gasteiger partial charge in [-0.2, -0.15) is 0 Å². The molecule has 0 aliphatic rings. The third-order valence-electron chi connectivity index (χ3n) is 2.94. The van der Waals surface area contributed by atoms with Gasteiger partial charge >= 0.3 is 0 Å². The second-order valence-electron chi connectivity index (χ2n) is 5.54. The van der Waals surface area contributed by atoms with Crippen molar-refractivity contribution in [3.05, 3.63) is 58.9 Å². The van der Waals surface area contributed by atoms with Crippen LogP contribution in [0.4, 0.5) is 0 Å². The summed E-state index contributed by atoms with van der Waals surface area (Å²) in [6.45, 7) is 6.99. The molecule has 2 rings (SSSR count). The van der Waals surface area contributed by atoms with E-state index in [2.05, 4.69) is 31.8 Å². The zero-order chi connectivity index (χ0) is 13.9. The summed E-state index contributed by atoms with van der Waals surface area (Å²) in [5.74, 6) is 0.714. The third kappa shape index (κ3) is 3.71. The molecule has 0 aliphatic heterocycles. The van der Waals surface area contributed by atoms with Gasteiger partial charge in [0.05, 0.1) is 5.02 Å². The number of pyridine rings is 1. The summed E-state index contributed by atoms with van der Waals surface area (Å²) in [6.07, 6.45) is 3.51. The summed E-state index contributed by atoms with van der Waals surface area (Å²) in [5.41, 5.74) is 2.37. The highest BCUT2D eigenvalue weighted by atomic mass is 35.5. The topological polar surface area (TPSA) is 22.1 Å². The summed E-state index contributed by atoms with van der Waals surface area (Å²) in [7, 11) is 0. The lowest BCUT2D eigenvalue weighted by atomic mass is 9.87. The molecule has 2 aromatic rings. The monoisotopic (exact) mass is 275 g/mol. The fourth-order valence-corrected chi connectivity index (χ4v) is 1.96. The third-order valence-corrected chi connectivity index (χ3v) is 3.24. The van der Waals surface area contributed by atoms with E-state index in [-0.39, 0.29) is 5.41 Å². The highest BCUT2D eigenvalue weighted by Crippen LogP contribution is 2.31. The molecule has 0 amide bonds. The molecule has 0 N–H and O–H groups in total. The van der Waals surface area contributed by atoms with Crippen molar-refractivity contribution in [2.24, 2.45) is 0 Å². The average Bonchev–Trinajstić information content (AvgIpc) is 2.37. The number of ether oxygens (including phenoxy) is 1. The molecule has 1 heterocycles. The summed E-state index contributed by atoms with van der Waals surface area (Å²) in [6, 6.07) is 9.83. The van der Waals surface area contributed by atoms with E-state index < -0.39 is 0 Å². The number of hydrogen-bond acceptors (Lipinski definition) is 2. The second kappa shape index (κ2) is 5.62. The van der Waals surface area contributed by atoms with Crippen molar-refractivity contribution in [1.82, 2.24) is 4.98 Å². The summed E-state index contributed by atoms with van der Waals surface area (Å²) in [4.78, 5) is 3.97. The van der Waals surface area contributed by atoms with E-state index in [1.807, 2.05) is 24.3 Å². The van der Waals surface area contributed by atoms with Crippen LogP contribution < -0.4 is 4.74 Å². The van der Waals surface area contributed by atoms with Crippen LogP contribution in [0.3, 0.4) is 0 Å². The van der Waals surface area contributed by atoms with E-state index in [0.717, 1.165) is 5.56 Å². The molecule has 0 radical (unpaired) electrons. The molecule has 0 saturated heterocycles. The van der Waals surface area contributed by atoms with Crippen molar-refractivity contribution in [3.63, 3.8) is 0 Å². The molecule has 0 fully saturated rings. The SMILES string of the molecule is CC(C)(C)c1ccc(OCc2ccncc2)c(Cl)c1. The van der Waals surface area contributed by atoms with Crippen molar-refractivity contribution in [2.45, 2.75) is 32.8 Å². The Morgan fingerprint density at radius 3 is 2.37 bits per heavy atom. The van der Waals surface area contributed by atoms with Crippen LogP contribution >= 0.6 is 11.6 Å². The second-order valence-corrected chi connectivity index (χ2v) is 5.95. The minimum absolute atomic E-state index is 0.0905. The predicted octanol–water partition coefficient (Wildman–Crippen LogP) is 4.61. The van der Waals surface area contributed by atoms with E-state index >= 15 is 0 Å². The van der Waals surface area contributed by atoms with Gasteiger partial charge in [-0.1, -0.05) is 38.4 Å². The van der Waals surface area contributed by atoms with Crippen LogP contribution in [0.5, 0.6) is 5.75 Å². The number of aromatic nitrogens is 1. The van der Waals surface area contributed by atoms with Gasteiger partial charge in [0.25, 0.3) is 0 Å². The van der Waals surface area contributed by atoms with E-state index in [0.29, 0.717) is 17.4 Å². The van der Waals surface area contributed by atoms with Gasteiger partial charge in [0.15, 0.2) is 0 Å². The Labute approximate surface area is 119 Å². The lowest BCUT2D eigenvalue weighted by Gasteiger charge is -2.20. The van der Waals surface area contributed by atoms with Gasteiger partial charge in [-0.15, -0.1) is 0 Å². The number of nitrogens with zero attached hydrogens (tertiary/aromatic N) is 1. The van der Waals surface area contributed by atoms with Crippen molar-refractivity contribution in [2.75, 3.05) is 0 Å². The summed E-state index contributed by atoms with van der Waals surface area (Å²) in [5, 5.41) is 0.654. The maximum Gasteiger partial charge on any atom is 0.138 e. The maximum absolute atomic E-state index is 6.26. The van der Waals surface area contributed by atoms with Crippen LogP contribution in [-0.4, -0.2) is 4.98 Å². The van der Waals surface area contributed by atoms with E-state index in [1.165, 1.54) is 5.56 Å². The predicted molar refractivity (Wildman–Crippen MR) is 78.7 cm³/mol. The Kier molecular flexibility index (Phi) is 4.11. The van der Waals surface area contributed by atoms with Gasteiger partial charge < -0.3 is 4.74 Å². The lowest BCUT2D eigenvalue weighted by Crippen LogP contribution is -2.10. The minimum Gasteiger partial charge on any atom is -0.487 e. The van der Waals surface area contributed by atoms with Gasteiger partial charge in [0, 0.05) is 12.4 Å². The molecule has 0 unspecified atom stereocenters. The first kappa shape index (κ1) is 13.9. The number of halogens is 1. The smallest absolute Gasteiger partial charge is 0.138 e. The molecule has 1 aromatic heterocycles. The maximum atomic E-state index is 6.26. The average molecular weight is 276 g/mol. The normalized spacial score (nSPS) is 11.4. The first-order chi connectivity index (χ1) is 8.97. The van der Waals surface area contributed by atoms with Gasteiger partial charge in [0.1, 0.15) is 12.4 Å². The molecule has 100 valence electrons. The van der Waals surface area contributed by atoms with Gasteiger partial charge in [-0.25, -0.2) is 0 Å². The molecule has 0 spiro atoms. The standard InChI is InChI=1S/C16H18ClNO/c1-16(2,3)13-4-5-15(14(17)10-13)19-11-12-6-8-18-9-7-12/h4-10H,11H2,1-3H3. The number of hydrogen-bond donors (Lipinski definition) is 0. The van der Waals surface area contributed by atoms with Gasteiger partial charge in [-0.05, 0) is 40.8 Å². The largest absolute Gasteiger partial charge is 0.487 e. The van der Waals surface area contributed by atoms with Gasteiger partial charge in [-0.3, -0.25) is 4.98 Å². The van der Waals surface area contributed by atoms with Crippen LogP contribution in [0.15, 0.2) is 42.7 Å². The van der Waals surface area contributed by atoms with Gasteiger partial charge in [0.2, 0.25) is 0 Å². The zero-order valence-electron chi connectivity index (χ0n) is 11.5. The lowest BCUT2D eigenvalue weighted by molar-refractivity contribution is 0.306. The highest BCUT2D eigenvalue weighted by molar-refractivity contribution is 6.32. The first-order valence-corrected chi connectivity index (χ1v) is 6.66. The molecule has 0 saturated carbocycles. The van der Waals surface area contributed by atoms with Crippen LogP contribution in [0.1, 0.15) is 31.9 Å². The molecule has 1 aromatic carbocycles. The van der Waals surface area contributed by atoms with E-state index in [4.69, 9.17) is 16.3 Å². The highest BCUT2D eigenvalue weighted by Gasteiger charge is 2.15. The van der Waals surface area contributed by atoms with Crippen LogP contribution in [-0.2, 0) is 12.0 Å². The van der Waals surface area contributed by atoms with E-state index in [1.54, 1.807) is 12.4 Å². The molecule has 0 aliphatic carbocycles. The first-order valence-electron chi connectivity index (χ1n) is 6.28. The van der Waals surface area contributed by atoms with E-state index in [9.17, 15) is 0 Å². The Morgan fingerprint density at radius 1 is 1.11 bits per heavy atom. The Bertz CT molecular complexity index is 546. The van der Waals surface area contributed by atoms with Crippen molar-refractivity contribution < 1.29 is 4.74 Å². The quantitative estimate of drug-likeness (QED) is 0.816. The fraction of sp³-hybridized carbons (Fsp3) is 0.312. The molecular formula is C16H18ClNO. The molecule has 0 bridgehead atoms. The Hall–Kier alpha value is -1.54. The molecule has 19 heavy (non-hydrogen) atoms. The number of rotatable bonds is 3. The molecule has 2 nitrogen and oxygen atoms in total. The number of benzene rings is 1. The Balaban J connectivity index is 2.10. The summed E-state index contributed by atoms with van der Waals surface area (Å²) >= 11 is 6.26. The molecule has 0 atom stereocenters. The van der Waals surface area contributed by atoms with Crippen LogP contribution in [0, 0.1) is 0 Å². The van der Waals surface area contributed by atoms with Crippen LogP contribution in [0.25, 0.3) is 0 Å². The minimum atomic E-state index is 0.0905. The fourth-order valence-electron chi connectivity index (χ4n) is 1.72. The van der Waals surface area contributed by atoms with Crippen molar-refractivity contribution in [1.29, 1.82) is 0 Å². The van der Waals surface area contributed by atoms with Crippen LogP contribution in [0.2, 0.25) is 5.02 Å². The zero-order valence-corrected chi connectivity index (χ0v) is 12.2. The van der Waals surface area contributed by atoms with Crippen molar-refractivity contribution in [3.8, 4) is 5.75 Å². The summed E-state index contributed by atoms with van der Waals surface area (Å²) < 4.78 is 5.73. The molecule has 3 heteroatoms. The van der Waals surface area contributed by atoms with Crippen molar-refractivity contribution >= 4 is 11.6 Å². The Morgan fingerprint density at radius 2 is 1.79 bits per heavy atom. The molecular weight excluding hydrogens is 258 g/mol.